The van der Waals surface area contributed by atoms with Crippen LogP contribution in [0.1, 0.15) is 45.6 Å². The summed E-state index contributed by atoms with van der Waals surface area (Å²) in [6, 6.07) is 4.37. The van der Waals surface area contributed by atoms with Crippen molar-refractivity contribution in [2.24, 2.45) is 11.8 Å². The lowest BCUT2D eigenvalue weighted by Gasteiger charge is -2.33. The Balaban J connectivity index is 1.31. The highest BCUT2D eigenvalue weighted by Gasteiger charge is 2.32. The highest BCUT2D eigenvalue weighted by Crippen LogP contribution is 2.28. The number of aliphatic hydroxyl groups is 1. The summed E-state index contributed by atoms with van der Waals surface area (Å²) in [6.07, 6.45) is 3.74. The van der Waals surface area contributed by atoms with Crippen LogP contribution < -0.4 is 4.90 Å². The van der Waals surface area contributed by atoms with Gasteiger partial charge in [-0.1, -0.05) is 26.0 Å². The van der Waals surface area contributed by atoms with E-state index in [1.165, 1.54) is 12.1 Å². The first-order valence-electron chi connectivity index (χ1n) is 18.0. The summed E-state index contributed by atoms with van der Waals surface area (Å²) >= 11 is 0. The molecular weight excluding hydrogens is 645 g/mol. The summed E-state index contributed by atoms with van der Waals surface area (Å²) in [6.45, 7) is 13.9. The van der Waals surface area contributed by atoms with E-state index >= 15 is 4.39 Å². The number of ether oxygens (including phenoxy) is 3. The average Bonchev–Trinajstić information content (AvgIpc) is 3.46. The summed E-state index contributed by atoms with van der Waals surface area (Å²) < 4.78 is 32.4. The number of hydrogen-bond acceptors (Lipinski definition) is 9. The van der Waals surface area contributed by atoms with E-state index in [2.05, 4.69) is 9.80 Å². The maximum absolute atomic E-state index is 15.0. The average molecular weight is 700 g/mol. The fourth-order valence-electron chi connectivity index (χ4n) is 6.93. The topological polar surface area (TPSA) is 115 Å². The number of urea groups is 1. The number of anilines is 1. The van der Waals surface area contributed by atoms with E-state index in [9.17, 15) is 19.5 Å². The molecule has 50 heavy (non-hydrogen) atoms. The van der Waals surface area contributed by atoms with Crippen LogP contribution in [0.3, 0.4) is 0 Å². The van der Waals surface area contributed by atoms with Crippen LogP contribution in [0.5, 0.6) is 0 Å². The lowest BCUT2D eigenvalue weighted by Crippen LogP contribution is -2.48. The Hall–Kier alpha value is -3.52. The van der Waals surface area contributed by atoms with Crippen molar-refractivity contribution in [1.82, 2.24) is 19.6 Å². The van der Waals surface area contributed by atoms with E-state index in [4.69, 9.17) is 14.2 Å². The van der Waals surface area contributed by atoms with Gasteiger partial charge in [0.15, 0.2) is 0 Å². The number of aliphatic hydroxyl groups excluding tert-OH is 1. The van der Waals surface area contributed by atoms with Gasteiger partial charge in [-0.15, -0.1) is 0 Å². The molecule has 0 saturated carbocycles. The second-order valence-electron chi connectivity index (χ2n) is 14.2. The number of amides is 3. The van der Waals surface area contributed by atoms with E-state index < -0.39 is 30.1 Å². The molecule has 1 aromatic carbocycles. The van der Waals surface area contributed by atoms with Crippen molar-refractivity contribution in [3.05, 3.63) is 47.3 Å². The molecule has 5 rings (SSSR count). The number of halogens is 1. The number of morpholine rings is 1. The van der Waals surface area contributed by atoms with Gasteiger partial charge < -0.3 is 34.0 Å². The molecule has 0 aliphatic carbocycles. The minimum atomic E-state index is -0.903. The zero-order chi connectivity index (χ0) is 35.8. The Kier molecular flexibility index (Phi) is 13.3. The van der Waals surface area contributed by atoms with Gasteiger partial charge in [0.1, 0.15) is 18.0 Å². The first-order chi connectivity index (χ1) is 24.0. The number of hydrogen-bond donors (Lipinski definition) is 1. The SMILES string of the molecule is C/C(=C\c1cc(F)cc(N2CCN(CCN3CCOCC3)C2=O)c1)[C@H]1OC(=O)C[C@H](O)CC[C@H](C)[C@H](OC(=O)N2CCN(C)CC2)/C=C/[C@@H]1C. The summed E-state index contributed by atoms with van der Waals surface area (Å²) in [5.74, 6) is -1.44. The molecule has 1 aromatic rings. The molecule has 0 spiro atoms. The van der Waals surface area contributed by atoms with Crippen molar-refractivity contribution < 1.29 is 38.1 Å². The lowest BCUT2D eigenvalue weighted by atomic mass is 9.91. The molecule has 3 saturated heterocycles. The van der Waals surface area contributed by atoms with E-state index in [-0.39, 0.29) is 30.4 Å². The van der Waals surface area contributed by atoms with Crippen LogP contribution in [0, 0.1) is 17.7 Å². The summed E-state index contributed by atoms with van der Waals surface area (Å²) in [5, 5.41) is 10.7. The summed E-state index contributed by atoms with van der Waals surface area (Å²) in [4.78, 5) is 49.0. The van der Waals surface area contributed by atoms with E-state index in [0.717, 1.165) is 32.7 Å². The molecule has 13 heteroatoms. The van der Waals surface area contributed by atoms with E-state index in [0.29, 0.717) is 75.6 Å². The number of rotatable bonds is 7. The molecule has 4 aliphatic heterocycles. The lowest BCUT2D eigenvalue weighted by molar-refractivity contribution is -0.151. The van der Waals surface area contributed by atoms with Crippen molar-refractivity contribution in [3.8, 4) is 0 Å². The third-order valence-corrected chi connectivity index (χ3v) is 10.2. The molecule has 3 amide bonds. The van der Waals surface area contributed by atoms with E-state index in [1.807, 2.05) is 40.0 Å². The molecule has 276 valence electrons. The van der Waals surface area contributed by atoms with Crippen LogP contribution in [-0.4, -0.2) is 147 Å². The van der Waals surface area contributed by atoms with Gasteiger partial charge in [-0.25, -0.2) is 14.0 Å². The number of esters is 1. The number of benzene rings is 1. The highest BCUT2D eigenvalue weighted by atomic mass is 19.1. The molecule has 1 N–H and O–H groups in total. The first kappa shape index (κ1) is 37.7. The Labute approximate surface area is 295 Å². The molecule has 0 radical (unpaired) electrons. The Morgan fingerprint density at radius 3 is 2.46 bits per heavy atom. The molecule has 0 bridgehead atoms. The summed E-state index contributed by atoms with van der Waals surface area (Å²) in [5.41, 5.74) is 1.66. The molecule has 12 nitrogen and oxygen atoms in total. The fourth-order valence-corrected chi connectivity index (χ4v) is 6.93. The fraction of sp³-hybridized carbons (Fsp3) is 0.649. The Morgan fingerprint density at radius 1 is 0.980 bits per heavy atom. The van der Waals surface area contributed by atoms with Gasteiger partial charge >= 0.3 is 18.1 Å². The zero-order valence-corrected chi connectivity index (χ0v) is 30.0. The van der Waals surface area contributed by atoms with Crippen molar-refractivity contribution in [1.29, 1.82) is 0 Å². The Bertz CT molecular complexity index is 1390. The predicted molar refractivity (Wildman–Crippen MR) is 188 cm³/mol. The van der Waals surface area contributed by atoms with Gasteiger partial charge in [0.25, 0.3) is 0 Å². The molecule has 4 aliphatic rings. The largest absolute Gasteiger partial charge is 0.457 e. The van der Waals surface area contributed by atoms with Crippen molar-refractivity contribution in [2.45, 2.75) is 58.3 Å². The normalized spacial score (nSPS) is 29.0. The van der Waals surface area contributed by atoms with E-state index in [1.54, 1.807) is 26.8 Å². The number of carbonyl (C=O) groups is 3. The van der Waals surface area contributed by atoms with Crippen molar-refractivity contribution in [2.75, 3.05) is 90.6 Å². The minimum absolute atomic E-state index is 0.0932. The molecular formula is C37H54FN5O7. The number of carbonyl (C=O) groups excluding carboxylic acids is 3. The van der Waals surface area contributed by atoms with Crippen molar-refractivity contribution >= 4 is 29.9 Å². The van der Waals surface area contributed by atoms with Gasteiger partial charge in [0, 0.05) is 77.1 Å². The van der Waals surface area contributed by atoms with Crippen LogP contribution in [0.2, 0.25) is 0 Å². The van der Waals surface area contributed by atoms with Crippen LogP contribution >= 0.6 is 0 Å². The second kappa shape index (κ2) is 17.6. The van der Waals surface area contributed by atoms with Crippen LogP contribution in [0.4, 0.5) is 19.7 Å². The maximum atomic E-state index is 15.0. The zero-order valence-electron chi connectivity index (χ0n) is 30.0. The first-order valence-corrected chi connectivity index (χ1v) is 18.0. The van der Waals surface area contributed by atoms with Crippen LogP contribution in [0.25, 0.3) is 6.08 Å². The third-order valence-electron chi connectivity index (χ3n) is 10.2. The molecule has 4 heterocycles. The van der Waals surface area contributed by atoms with Crippen LogP contribution in [0.15, 0.2) is 35.9 Å². The maximum Gasteiger partial charge on any atom is 0.410 e. The third kappa shape index (κ3) is 10.3. The van der Waals surface area contributed by atoms with Crippen molar-refractivity contribution in [3.63, 3.8) is 0 Å². The predicted octanol–water partition coefficient (Wildman–Crippen LogP) is 3.84. The quantitative estimate of drug-likeness (QED) is 0.335. The van der Waals surface area contributed by atoms with Gasteiger partial charge in [-0.2, -0.15) is 0 Å². The van der Waals surface area contributed by atoms with Gasteiger partial charge in [0.05, 0.1) is 25.7 Å². The number of nitrogens with zero attached hydrogens (tertiary/aromatic N) is 5. The second-order valence-corrected chi connectivity index (χ2v) is 14.2. The molecule has 0 aromatic heterocycles. The number of cyclic esters (lactones) is 1. The van der Waals surface area contributed by atoms with Gasteiger partial charge in [0.2, 0.25) is 0 Å². The van der Waals surface area contributed by atoms with Gasteiger partial charge in [-0.3, -0.25) is 14.6 Å². The highest BCUT2D eigenvalue weighted by molar-refractivity contribution is 5.94. The molecule has 5 atom stereocenters. The monoisotopic (exact) mass is 699 g/mol. The Morgan fingerprint density at radius 2 is 1.72 bits per heavy atom. The van der Waals surface area contributed by atoms with Crippen LogP contribution in [-0.2, 0) is 19.0 Å². The number of likely N-dealkylation sites (N-methyl/N-ethyl adjacent to an activating group) is 1. The minimum Gasteiger partial charge on any atom is -0.457 e. The summed E-state index contributed by atoms with van der Waals surface area (Å²) in [7, 11) is 2.02. The smallest absolute Gasteiger partial charge is 0.410 e. The standard InChI is InChI=1S/C37H54FN5O7/c1-26-5-7-32(44)25-34(45)50-35(27(2)6-8-33(26)49-37(47)42-12-9-39(4)10-13-42)28(3)21-29-22-30(38)24-31(23-29)43-16-15-41(36(43)46)14-11-40-17-19-48-20-18-40/h6,8,21-24,26-27,32-33,35,44H,5,7,9-20,25H2,1-4H3/b8-6+,28-21+/t26-,27-,32+,33+,35-/m0/s1. The molecule has 0 unspecified atom stereocenters. The molecule has 3 fully saturated rings. The number of piperazine rings is 1. The van der Waals surface area contributed by atoms with Gasteiger partial charge in [-0.05, 0) is 68.1 Å².